The van der Waals surface area contributed by atoms with Crippen LogP contribution < -0.4 is 4.74 Å². The molecule has 4 nitrogen and oxygen atoms in total. The van der Waals surface area contributed by atoms with Crippen LogP contribution in [0.5, 0.6) is 5.75 Å². The predicted molar refractivity (Wildman–Crippen MR) is 79.2 cm³/mol. The number of thioether (sulfide) groups is 1. The highest BCUT2D eigenvalue weighted by Crippen LogP contribution is 2.28. The lowest BCUT2D eigenvalue weighted by molar-refractivity contribution is 0.101. The third-order valence-electron chi connectivity index (χ3n) is 2.70. The van der Waals surface area contributed by atoms with Crippen molar-refractivity contribution in [1.82, 2.24) is 9.97 Å². The van der Waals surface area contributed by atoms with E-state index in [2.05, 4.69) is 9.97 Å². The maximum atomic E-state index is 11.5. The summed E-state index contributed by atoms with van der Waals surface area (Å²) >= 11 is 1.59. The number of Topliss-reactive ketones (excluding diaryl/α,β-unsaturated/α-hetero) is 1. The second-order valence-corrected chi connectivity index (χ2v) is 5.14. The number of benzene rings is 1. The summed E-state index contributed by atoms with van der Waals surface area (Å²) in [4.78, 5) is 19.5. The Morgan fingerprint density at radius 1 is 1.35 bits per heavy atom. The van der Waals surface area contributed by atoms with Gasteiger partial charge in [-0.05, 0) is 38.1 Å². The van der Waals surface area contributed by atoms with Crippen LogP contribution in [-0.4, -0.2) is 22.4 Å². The van der Waals surface area contributed by atoms with Crippen LogP contribution >= 0.6 is 11.8 Å². The maximum Gasteiger partial charge on any atom is 0.159 e. The van der Waals surface area contributed by atoms with E-state index in [1.807, 2.05) is 25.1 Å². The van der Waals surface area contributed by atoms with Gasteiger partial charge in [0.15, 0.2) is 5.78 Å². The molecule has 0 saturated carbocycles. The second-order valence-electron chi connectivity index (χ2n) is 4.15. The van der Waals surface area contributed by atoms with E-state index in [-0.39, 0.29) is 5.78 Å². The molecule has 0 aliphatic rings. The Balaban J connectivity index is 2.19. The van der Waals surface area contributed by atoms with E-state index in [0.29, 0.717) is 17.9 Å². The number of carbonyl (C=O) groups is 1. The molecule has 0 unspecified atom stereocenters. The van der Waals surface area contributed by atoms with Crippen LogP contribution in [0.25, 0.3) is 0 Å². The molecular formula is C15H16N2O2S. The minimum absolute atomic E-state index is 0.0568. The summed E-state index contributed by atoms with van der Waals surface area (Å²) in [7, 11) is 0. The van der Waals surface area contributed by atoms with Crippen LogP contribution in [0.1, 0.15) is 29.8 Å². The topological polar surface area (TPSA) is 52.1 Å². The lowest BCUT2D eigenvalue weighted by Crippen LogP contribution is -1.99. The number of hydrogen-bond donors (Lipinski definition) is 0. The Hall–Kier alpha value is -1.88. The first kappa shape index (κ1) is 14.5. The van der Waals surface area contributed by atoms with Crippen LogP contribution in [0.15, 0.2) is 41.8 Å². The molecule has 0 aliphatic carbocycles. The van der Waals surface area contributed by atoms with E-state index in [4.69, 9.17) is 4.74 Å². The standard InChI is InChI=1S/C15H16N2O2S/c1-3-19-14-5-4-12(11(2)18)8-13(14)9-20-15-6-7-16-10-17-15/h4-8,10H,3,9H2,1-2H3. The molecule has 0 atom stereocenters. The van der Waals surface area contributed by atoms with Crippen molar-refractivity contribution in [3.05, 3.63) is 47.9 Å². The van der Waals surface area contributed by atoms with Crippen molar-refractivity contribution in [2.24, 2.45) is 0 Å². The van der Waals surface area contributed by atoms with Gasteiger partial charge in [-0.1, -0.05) is 0 Å². The quantitative estimate of drug-likeness (QED) is 0.463. The number of hydrogen-bond acceptors (Lipinski definition) is 5. The first-order chi connectivity index (χ1) is 9.70. The van der Waals surface area contributed by atoms with Gasteiger partial charge < -0.3 is 4.74 Å². The molecule has 0 fully saturated rings. The molecule has 104 valence electrons. The van der Waals surface area contributed by atoms with Gasteiger partial charge in [0.1, 0.15) is 12.1 Å². The zero-order chi connectivity index (χ0) is 14.4. The summed E-state index contributed by atoms with van der Waals surface area (Å²) in [6.45, 7) is 4.11. The monoisotopic (exact) mass is 288 g/mol. The van der Waals surface area contributed by atoms with E-state index >= 15 is 0 Å². The maximum absolute atomic E-state index is 11.5. The average Bonchev–Trinajstić information content (AvgIpc) is 2.47. The smallest absolute Gasteiger partial charge is 0.159 e. The van der Waals surface area contributed by atoms with Gasteiger partial charge in [0, 0.05) is 23.1 Å². The average molecular weight is 288 g/mol. The van der Waals surface area contributed by atoms with Gasteiger partial charge in [-0.3, -0.25) is 4.79 Å². The molecule has 2 aromatic rings. The molecule has 2 rings (SSSR count). The molecule has 0 radical (unpaired) electrons. The Bertz CT molecular complexity index is 588. The fourth-order valence-electron chi connectivity index (χ4n) is 1.72. The summed E-state index contributed by atoms with van der Waals surface area (Å²) in [5, 5.41) is 0.899. The van der Waals surface area contributed by atoms with Crippen molar-refractivity contribution in [3.63, 3.8) is 0 Å². The van der Waals surface area contributed by atoms with Gasteiger partial charge in [-0.2, -0.15) is 0 Å². The third-order valence-corrected chi connectivity index (χ3v) is 3.69. The molecule has 0 aliphatic heterocycles. The van der Waals surface area contributed by atoms with Crippen molar-refractivity contribution in [1.29, 1.82) is 0 Å². The van der Waals surface area contributed by atoms with E-state index in [1.165, 1.54) is 6.33 Å². The third kappa shape index (κ3) is 3.81. The number of carbonyl (C=O) groups excluding carboxylic acids is 1. The first-order valence-corrected chi connectivity index (χ1v) is 7.34. The molecule has 20 heavy (non-hydrogen) atoms. The van der Waals surface area contributed by atoms with Crippen molar-refractivity contribution in [3.8, 4) is 5.75 Å². The molecule has 0 saturated heterocycles. The van der Waals surface area contributed by atoms with E-state index < -0.39 is 0 Å². The van der Waals surface area contributed by atoms with E-state index in [9.17, 15) is 4.79 Å². The Morgan fingerprint density at radius 3 is 2.85 bits per heavy atom. The predicted octanol–water partition coefficient (Wildman–Crippen LogP) is 3.37. The van der Waals surface area contributed by atoms with Gasteiger partial charge in [0.2, 0.25) is 0 Å². The summed E-state index contributed by atoms with van der Waals surface area (Å²) in [5.41, 5.74) is 1.70. The fraction of sp³-hybridized carbons (Fsp3) is 0.267. The van der Waals surface area contributed by atoms with E-state index in [0.717, 1.165) is 16.3 Å². The molecule has 1 heterocycles. The van der Waals surface area contributed by atoms with Crippen molar-refractivity contribution in [2.75, 3.05) is 6.61 Å². The molecule has 1 aromatic carbocycles. The molecule has 0 N–H and O–H groups in total. The molecule has 0 amide bonds. The summed E-state index contributed by atoms with van der Waals surface area (Å²) in [6.07, 6.45) is 3.24. The minimum Gasteiger partial charge on any atom is -0.494 e. The molecule has 0 spiro atoms. The van der Waals surface area contributed by atoms with Gasteiger partial charge in [0.05, 0.1) is 11.6 Å². The molecule has 1 aromatic heterocycles. The van der Waals surface area contributed by atoms with Gasteiger partial charge in [0.25, 0.3) is 0 Å². The Labute approximate surface area is 122 Å². The summed E-state index contributed by atoms with van der Waals surface area (Å²) in [5.74, 6) is 1.58. The van der Waals surface area contributed by atoms with Crippen LogP contribution in [0, 0.1) is 0 Å². The van der Waals surface area contributed by atoms with Crippen LogP contribution in [0.3, 0.4) is 0 Å². The first-order valence-electron chi connectivity index (χ1n) is 6.36. The van der Waals surface area contributed by atoms with E-state index in [1.54, 1.807) is 30.9 Å². The molecule has 5 heteroatoms. The lowest BCUT2D eigenvalue weighted by Gasteiger charge is -2.11. The zero-order valence-corrected chi connectivity index (χ0v) is 12.3. The normalized spacial score (nSPS) is 10.3. The SMILES string of the molecule is CCOc1ccc(C(C)=O)cc1CSc1ccncn1. The van der Waals surface area contributed by atoms with Crippen molar-refractivity contribution >= 4 is 17.5 Å². The largest absolute Gasteiger partial charge is 0.494 e. The summed E-state index contributed by atoms with van der Waals surface area (Å²) < 4.78 is 5.60. The Kier molecular flexibility index (Phi) is 5.12. The highest BCUT2D eigenvalue weighted by Gasteiger charge is 2.08. The number of ketones is 1. The summed E-state index contributed by atoms with van der Waals surface area (Å²) in [6, 6.07) is 7.41. The number of nitrogens with zero attached hydrogens (tertiary/aromatic N) is 2. The minimum atomic E-state index is 0.0568. The van der Waals surface area contributed by atoms with Gasteiger partial charge >= 0.3 is 0 Å². The fourth-order valence-corrected chi connectivity index (χ4v) is 2.53. The van der Waals surface area contributed by atoms with Crippen molar-refractivity contribution in [2.45, 2.75) is 24.6 Å². The van der Waals surface area contributed by atoms with Crippen LogP contribution in [0.4, 0.5) is 0 Å². The highest BCUT2D eigenvalue weighted by atomic mass is 32.2. The number of rotatable bonds is 6. The number of aromatic nitrogens is 2. The Morgan fingerprint density at radius 2 is 2.20 bits per heavy atom. The number of ether oxygens (including phenoxy) is 1. The highest BCUT2D eigenvalue weighted by molar-refractivity contribution is 7.98. The van der Waals surface area contributed by atoms with Crippen LogP contribution in [0.2, 0.25) is 0 Å². The van der Waals surface area contributed by atoms with Gasteiger partial charge in [-0.25, -0.2) is 9.97 Å². The van der Waals surface area contributed by atoms with Gasteiger partial charge in [-0.15, -0.1) is 11.8 Å². The van der Waals surface area contributed by atoms with Crippen LogP contribution in [-0.2, 0) is 5.75 Å². The molecular weight excluding hydrogens is 272 g/mol. The zero-order valence-electron chi connectivity index (χ0n) is 11.5. The molecule has 0 bridgehead atoms. The van der Waals surface area contributed by atoms with Crippen molar-refractivity contribution < 1.29 is 9.53 Å². The lowest BCUT2D eigenvalue weighted by atomic mass is 10.1. The second kappa shape index (κ2) is 7.05.